The Hall–Kier alpha value is -2.67. The molecule has 2 amide bonds. The second-order valence-corrected chi connectivity index (χ2v) is 8.08. The fraction of sp³-hybridized carbons (Fsp3) is 0.143. The highest BCUT2D eigenvalue weighted by molar-refractivity contribution is 7.10. The normalized spacial score (nSPS) is 24.1. The minimum atomic E-state index is -0.862. The first-order chi connectivity index (χ1) is 13.6. The first-order valence-corrected chi connectivity index (χ1v) is 10.1. The molecule has 5 nitrogen and oxygen atoms in total. The molecule has 3 aromatic rings. The molecule has 2 aliphatic heterocycles. The Morgan fingerprint density at radius 2 is 1.68 bits per heavy atom. The molecule has 7 heteroatoms. The van der Waals surface area contributed by atoms with Gasteiger partial charge in [0.05, 0.1) is 11.4 Å². The zero-order valence-corrected chi connectivity index (χ0v) is 16.1. The molecule has 3 heterocycles. The number of carbonyl (C=O) groups is 2. The Morgan fingerprint density at radius 3 is 2.39 bits per heavy atom. The van der Waals surface area contributed by atoms with Crippen LogP contribution in [0.25, 0.3) is 0 Å². The van der Waals surface area contributed by atoms with E-state index in [0.717, 1.165) is 10.6 Å². The molecule has 2 aliphatic rings. The number of hydrogen-bond acceptors (Lipinski definition) is 5. The number of thiophene rings is 1. The highest BCUT2D eigenvalue weighted by atomic mass is 35.5. The van der Waals surface area contributed by atoms with Gasteiger partial charge in [-0.25, -0.2) is 9.96 Å². The smallest absolute Gasteiger partial charge is 0.266 e. The molecule has 5 rings (SSSR count). The molecule has 2 saturated heterocycles. The van der Waals surface area contributed by atoms with Crippen molar-refractivity contribution in [2.24, 2.45) is 5.92 Å². The average molecular weight is 411 g/mol. The Kier molecular flexibility index (Phi) is 4.19. The minimum absolute atomic E-state index is 0.269. The van der Waals surface area contributed by atoms with E-state index in [0.29, 0.717) is 10.7 Å². The van der Waals surface area contributed by atoms with Crippen molar-refractivity contribution in [1.29, 1.82) is 0 Å². The van der Waals surface area contributed by atoms with Gasteiger partial charge in [0.25, 0.3) is 5.91 Å². The molecule has 0 radical (unpaired) electrons. The minimum Gasteiger partial charge on any atom is -0.273 e. The molecule has 0 bridgehead atoms. The van der Waals surface area contributed by atoms with Crippen LogP contribution in [0.2, 0.25) is 5.02 Å². The van der Waals surface area contributed by atoms with Gasteiger partial charge in [-0.15, -0.1) is 11.3 Å². The van der Waals surface area contributed by atoms with Crippen LogP contribution >= 0.6 is 22.9 Å². The number of hydroxylamine groups is 1. The number of benzene rings is 2. The van der Waals surface area contributed by atoms with Crippen LogP contribution < -0.4 is 9.96 Å². The summed E-state index contributed by atoms with van der Waals surface area (Å²) < 4.78 is 0. The number of fused-ring (bicyclic) bond motifs is 1. The SMILES string of the molecule is O=C1[C@H]2[C@@H](c3cccs3)N(c3ccccc3)O[C@H]2C(=O)N1c1cccc(Cl)c1. The standard InChI is InChI=1S/C21H15ClN2O3S/c22-13-6-4-9-15(12-13)23-20(25)17-18(16-10-5-11-28-16)24(27-19(17)21(23)26)14-7-2-1-3-8-14/h1-12,17-19H/t17-,18+,19+/m0/s1. The molecular formula is C21H15ClN2O3S. The average Bonchev–Trinajstić information content (AvgIpc) is 3.40. The summed E-state index contributed by atoms with van der Waals surface area (Å²) in [7, 11) is 0. The Balaban J connectivity index is 1.57. The lowest BCUT2D eigenvalue weighted by atomic mass is 9.95. The van der Waals surface area contributed by atoms with Crippen molar-refractivity contribution in [2.75, 3.05) is 9.96 Å². The third-order valence-electron chi connectivity index (χ3n) is 5.03. The van der Waals surface area contributed by atoms with Crippen molar-refractivity contribution in [3.8, 4) is 0 Å². The van der Waals surface area contributed by atoms with Gasteiger partial charge < -0.3 is 0 Å². The highest BCUT2D eigenvalue weighted by Crippen LogP contribution is 2.48. The Morgan fingerprint density at radius 1 is 0.893 bits per heavy atom. The van der Waals surface area contributed by atoms with Gasteiger partial charge in [0.15, 0.2) is 6.10 Å². The van der Waals surface area contributed by atoms with Crippen molar-refractivity contribution in [3.05, 3.63) is 82.0 Å². The van der Waals surface area contributed by atoms with Crippen molar-refractivity contribution >= 4 is 46.1 Å². The molecule has 0 spiro atoms. The third-order valence-corrected chi connectivity index (χ3v) is 6.21. The van der Waals surface area contributed by atoms with Crippen molar-refractivity contribution < 1.29 is 14.4 Å². The largest absolute Gasteiger partial charge is 0.273 e. The first-order valence-electron chi connectivity index (χ1n) is 8.83. The molecule has 0 unspecified atom stereocenters. The van der Waals surface area contributed by atoms with E-state index < -0.39 is 12.0 Å². The number of para-hydroxylation sites is 1. The van der Waals surface area contributed by atoms with Crippen LogP contribution in [0.4, 0.5) is 11.4 Å². The van der Waals surface area contributed by atoms with Gasteiger partial charge in [-0.05, 0) is 41.8 Å². The van der Waals surface area contributed by atoms with Gasteiger partial charge >= 0.3 is 0 Å². The Bertz CT molecular complexity index is 1040. The van der Waals surface area contributed by atoms with E-state index in [1.54, 1.807) is 40.7 Å². The van der Waals surface area contributed by atoms with Crippen LogP contribution in [0.3, 0.4) is 0 Å². The summed E-state index contributed by atoms with van der Waals surface area (Å²) in [4.78, 5) is 34.7. The van der Waals surface area contributed by atoms with E-state index in [1.807, 2.05) is 47.8 Å². The van der Waals surface area contributed by atoms with Gasteiger partial charge in [0.2, 0.25) is 5.91 Å². The fourth-order valence-corrected chi connectivity index (χ4v) is 4.87. The first kappa shape index (κ1) is 17.4. The van der Waals surface area contributed by atoms with Crippen LogP contribution in [-0.2, 0) is 14.4 Å². The van der Waals surface area contributed by atoms with Crippen LogP contribution in [0.5, 0.6) is 0 Å². The van der Waals surface area contributed by atoms with E-state index >= 15 is 0 Å². The van der Waals surface area contributed by atoms with Crippen molar-refractivity contribution in [1.82, 2.24) is 0 Å². The predicted octanol–water partition coefficient (Wildman–Crippen LogP) is 4.45. The van der Waals surface area contributed by atoms with Gasteiger partial charge in [0.1, 0.15) is 12.0 Å². The number of carbonyl (C=O) groups excluding carboxylic acids is 2. The number of amides is 2. The summed E-state index contributed by atoms with van der Waals surface area (Å²) in [6.45, 7) is 0. The van der Waals surface area contributed by atoms with Crippen LogP contribution in [0, 0.1) is 5.92 Å². The highest BCUT2D eigenvalue weighted by Gasteiger charge is 2.60. The van der Waals surface area contributed by atoms with E-state index in [9.17, 15) is 9.59 Å². The predicted molar refractivity (Wildman–Crippen MR) is 108 cm³/mol. The fourth-order valence-electron chi connectivity index (χ4n) is 3.83. The van der Waals surface area contributed by atoms with Gasteiger partial charge in [-0.1, -0.05) is 41.9 Å². The molecule has 0 aliphatic carbocycles. The lowest BCUT2D eigenvalue weighted by molar-refractivity contribution is -0.126. The second-order valence-electron chi connectivity index (χ2n) is 6.67. The number of rotatable bonds is 3. The molecule has 140 valence electrons. The monoisotopic (exact) mass is 410 g/mol. The van der Waals surface area contributed by atoms with E-state index in [2.05, 4.69) is 0 Å². The second kappa shape index (κ2) is 6.74. The molecule has 0 saturated carbocycles. The van der Waals surface area contributed by atoms with E-state index in [1.165, 1.54) is 4.90 Å². The lowest BCUT2D eigenvalue weighted by Crippen LogP contribution is -2.37. The molecule has 1 aromatic heterocycles. The number of halogens is 1. The number of hydrogen-bond donors (Lipinski definition) is 0. The Labute approximate surface area is 170 Å². The summed E-state index contributed by atoms with van der Waals surface area (Å²) in [6, 6.07) is 19.8. The zero-order valence-electron chi connectivity index (χ0n) is 14.6. The number of imide groups is 1. The van der Waals surface area contributed by atoms with Crippen molar-refractivity contribution in [2.45, 2.75) is 12.1 Å². The molecular weight excluding hydrogens is 396 g/mol. The molecule has 2 fully saturated rings. The maximum Gasteiger partial charge on any atom is 0.266 e. The van der Waals surface area contributed by atoms with Crippen LogP contribution in [-0.4, -0.2) is 17.9 Å². The maximum atomic E-state index is 13.4. The summed E-state index contributed by atoms with van der Waals surface area (Å²) in [6.07, 6.45) is -0.862. The van der Waals surface area contributed by atoms with Crippen LogP contribution in [0.15, 0.2) is 72.1 Å². The van der Waals surface area contributed by atoms with E-state index in [-0.39, 0.29) is 17.9 Å². The molecule has 0 N–H and O–H groups in total. The molecule has 28 heavy (non-hydrogen) atoms. The summed E-state index contributed by atoms with van der Waals surface area (Å²) in [5.74, 6) is -1.25. The lowest BCUT2D eigenvalue weighted by Gasteiger charge is -2.27. The molecule has 3 atom stereocenters. The summed E-state index contributed by atoms with van der Waals surface area (Å²) in [5, 5.41) is 4.13. The molecule has 2 aromatic carbocycles. The summed E-state index contributed by atoms with van der Waals surface area (Å²) in [5.41, 5.74) is 1.28. The topological polar surface area (TPSA) is 49.9 Å². The quantitative estimate of drug-likeness (QED) is 0.598. The van der Waals surface area contributed by atoms with E-state index in [4.69, 9.17) is 16.4 Å². The van der Waals surface area contributed by atoms with Gasteiger partial charge in [-0.2, -0.15) is 0 Å². The number of nitrogens with zero attached hydrogens (tertiary/aromatic N) is 2. The third kappa shape index (κ3) is 2.64. The number of anilines is 2. The van der Waals surface area contributed by atoms with Crippen LogP contribution in [0.1, 0.15) is 10.9 Å². The maximum absolute atomic E-state index is 13.4. The summed E-state index contributed by atoms with van der Waals surface area (Å²) >= 11 is 7.61. The van der Waals surface area contributed by atoms with Gasteiger partial charge in [0, 0.05) is 9.90 Å². The zero-order chi connectivity index (χ0) is 19.3. The van der Waals surface area contributed by atoms with Crippen molar-refractivity contribution in [3.63, 3.8) is 0 Å². The van der Waals surface area contributed by atoms with Gasteiger partial charge in [-0.3, -0.25) is 14.4 Å².